The summed E-state index contributed by atoms with van der Waals surface area (Å²) < 4.78 is 66.2. The van der Waals surface area contributed by atoms with Crippen molar-refractivity contribution in [2.75, 3.05) is 113 Å². The summed E-state index contributed by atoms with van der Waals surface area (Å²) in [7, 11) is 11.3. The van der Waals surface area contributed by atoms with Crippen LogP contribution in [-0.4, -0.2) is 268 Å². The molecule has 8 N–H and O–H groups in total. The number of unbranched alkanes of at least 4 members (excludes halogenated alkanes) is 8. The highest BCUT2D eigenvalue weighted by Crippen LogP contribution is 2.33. The number of carboxylic acid groups (broad SMARTS) is 1. The zero-order chi connectivity index (χ0) is 89.7. The molecule has 1 aromatic heterocycles. The number of ketones is 1. The lowest BCUT2D eigenvalue weighted by atomic mass is 9.86. The number of amides is 4. The number of carbonyl (C=O) groups is 10. The van der Waals surface area contributed by atoms with E-state index in [0.29, 0.717) is 55.8 Å². The van der Waals surface area contributed by atoms with Crippen LogP contribution in [0.25, 0.3) is 0 Å². The molecule has 1 fully saturated rings. The van der Waals surface area contributed by atoms with E-state index in [2.05, 4.69) is 16.0 Å². The number of piperidine rings is 1. The second-order valence-electron chi connectivity index (χ2n) is 30.3. The number of thiazole rings is 1. The fraction of sp³-hybridized carbons (Fsp3) is 0.776. The molecule has 3 rings (SSSR count). The van der Waals surface area contributed by atoms with Gasteiger partial charge in [0.05, 0.1) is 50.8 Å². The number of likely N-dealkylation sites (tertiary alicyclic amines) is 1. The number of benzene rings is 1. The molecule has 690 valence electrons. The van der Waals surface area contributed by atoms with E-state index in [-0.39, 0.29) is 175 Å². The van der Waals surface area contributed by atoms with Crippen molar-refractivity contribution in [2.24, 2.45) is 23.7 Å². The molecule has 2 aromatic rings. The van der Waals surface area contributed by atoms with Crippen molar-refractivity contribution in [1.29, 1.82) is 0 Å². The number of nitrogens with one attached hydrogen (secondary N) is 3. The monoisotopic (exact) mass is 1760 g/mol. The van der Waals surface area contributed by atoms with Crippen molar-refractivity contribution >= 4 is 92.2 Å². The fourth-order valence-corrected chi connectivity index (χ4v) is 15.5. The molecule has 120 heavy (non-hydrogen) atoms. The summed E-state index contributed by atoms with van der Waals surface area (Å²) in [6, 6.07) is 4.48. The van der Waals surface area contributed by atoms with Gasteiger partial charge < -0.3 is 93.8 Å². The first-order chi connectivity index (χ1) is 57.4. The van der Waals surface area contributed by atoms with Crippen molar-refractivity contribution < 1.29 is 125 Å². The first-order valence-corrected chi connectivity index (χ1v) is 45.9. The number of hydrogen-bond acceptors (Lipinski definition) is 29. The van der Waals surface area contributed by atoms with E-state index in [0.717, 1.165) is 75.6 Å². The molecule has 1 saturated heterocycles. The van der Waals surface area contributed by atoms with Crippen LogP contribution in [0, 0.1) is 29.5 Å². The lowest BCUT2D eigenvalue weighted by Gasteiger charge is -2.38. The van der Waals surface area contributed by atoms with Crippen molar-refractivity contribution in [3.63, 3.8) is 0 Å². The molecule has 0 radical (unpaired) electrons. The minimum Gasteiger partial charge on any atom is -0.481 e. The third-order valence-corrected chi connectivity index (χ3v) is 23.7. The number of likely N-dealkylation sites (N-methyl/N-ethyl adjacent to an activating group) is 2. The second kappa shape index (κ2) is 68.3. The van der Waals surface area contributed by atoms with E-state index >= 15 is 0 Å². The molecule has 4 amide bonds. The number of methoxy groups -OCH3 is 3. The summed E-state index contributed by atoms with van der Waals surface area (Å²) in [5.74, 6) is -4.12. The number of halogens is 1. The van der Waals surface area contributed by atoms with Crippen molar-refractivity contribution in [3.8, 4) is 0 Å². The lowest BCUT2D eigenvalue weighted by molar-refractivity contribution is -0.194. The summed E-state index contributed by atoms with van der Waals surface area (Å²) in [6.07, 6.45) is 13.1. The Morgan fingerprint density at radius 1 is 0.650 bits per heavy atom. The van der Waals surface area contributed by atoms with Gasteiger partial charge in [-0.25, -0.2) is 9.37 Å². The predicted molar refractivity (Wildman–Crippen MR) is 458 cm³/mol. The van der Waals surface area contributed by atoms with Crippen LogP contribution in [0.4, 0.5) is 4.39 Å². The Morgan fingerprint density at radius 3 is 1.70 bits per heavy atom. The fourth-order valence-electron chi connectivity index (χ4n) is 12.7. The number of carbonyl (C=O) groups excluding carboxylic acids is 9. The van der Waals surface area contributed by atoms with E-state index in [1.165, 1.54) is 71.0 Å². The second-order valence-corrected chi connectivity index (χ2v) is 33.9. The van der Waals surface area contributed by atoms with Gasteiger partial charge in [-0.2, -0.15) is 0 Å². The average Bonchev–Trinajstić information content (AvgIpc) is 1.25. The number of hydrogen-bond donors (Lipinski definition) is 8. The van der Waals surface area contributed by atoms with Crippen LogP contribution in [0.3, 0.4) is 0 Å². The van der Waals surface area contributed by atoms with Crippen LogP contribution >= 0.6 is 32.9 Å². The standard InChI is InChI=1S/C66H107FN6O14S3.C12H22O7.C7H16O4/c1-11-46(5)62(71-64(81)54-25-20-22-33-72(54)8)66(82)73(9)55(45(3)4)40-57(86-48(7)75)65-70-53(44-88-65)56(76)39-50(38-49-28-30-51(67)31-29-49)37-47(6)63(80)69-41-60(79)84-34-36-90-89-35-23-19-17-15-13-14-16-18-21-32-68-58(77)26-24-27-59(78)85-43-61(83-10)87-52(12-2)42-74;1-3-9(7-13)19-12(17-2)8-18-11(16)6-4-5-10(14)15;1-3-6(4-8)11-7(5-9)10-2/h28-31,44-47,50,52,54-55,57,61-62,74H,11-27,32-43H2,1-10H3,(H,68,77)(H,69,80)(H,71,81);9,12-13H,3-8H2,1-2H3,(H,14,15);6-9H,3-5H2,1-2H3/t46-,47-,50+,52?,54?,55+,57+,61?,62?;;/m0../s1. The maximum absolute atomic E-state index is 14.4. The Balaban J connectivity index is 0.00000200. The van der Waals surface area contributed by atoms with E-state index in [9.17, 15) is 57.4 Å². The number of aromatic nitrogens is 1. The lowest BCUT2D eigenvalue weighted by Crippen LogP contribution is -2.58. The highest BCUT2D eigenvalue weighted by Gasteiger charge is 2.38. The maximum Gasteiger partial charge on any atom is 0.325 e. The summed E-state index contributed by atoms with van der Waals surface area (Å²) in [4.78, 5) is 135. The number of rotatable bonds is 65. The first-order valence-electron chi connectivity index (χ1n) is 42.5. The Bertz CT molecular complexity index is 3120. The maximum atomic E-state index is 14.4. The minimum absolute atomic E-state index is 0.00252. The molecule has 0 saturated carbocycles. The van der Waals surface area contributed by atoms with E-state index in [4.69, 9.17) is 72.8 Å². The van der Waals surface area contributed by atoms with Gasteiger partial charge >= 0.3 is 29.8 Å². The van der Waals surface area contributed by atoms with Gasteiger partial charge in [0.25, 0.3) is 0 Å². The SMILES string of the molecule is CCC(CO)OC(CO)OC.CCC(CO)OC(COC(=O)CCCC(=O)NCCCCCCCCCCCSSCCOC(=O)CNC(=O)[C@@H](C)C[C@@H](CC(=O)c1csc([C@@H](C[C@H](C(C)C)N(C)C(=O)C(NC(=O)C2CCCCN2C)[C@@H](C)CC)OC(C)=O)n1)Cc1ccc(F)cc1)OC.CCC(CO)OC(COC(=O)CCCC(=O)O)OC. The Labute approximate surface area is 723 Å². The van der Waals surface area contributed by atoms with Gasteiger partial charge in [-0.1, -0.05) is 147 Å². The number of esters is 4. The van der Waals surface area contributed by atoms with Crippen LogP contribution in [0.5, 0.6) is 0 Å². The van der Waals surface area contributed by atoms with Gasteiger partial charge in [0, 0.05) is 109 Å². The predicted octanol–water partition coefficient (Wildman–Crippen LogP) is 10.7. The molecule has 0 spiro atoms. The first kappa shape index (κ1) is 112. The normalized spacial score (nSPS) is 15.8. The number of Topliss-reactive ketones (excluding diaryl/α,β-unsaturated/α-hetero) is 1. The van der Waals surface area contributed by atoms with Gasteiger partial charge in [-0.15, -0.1) is 11.3 Å². The molecular formula is C85H145FN6O25S3. The molecule has 35 heteroatoms. The number of ether oxygens (including phenoxy) is 10. The summed E-state index contributed by atoms with van der Waals surface area (Å²) >= 11 is 1.18. The summed E-state index contributed by atoms with van der Waals surface area (Å²) in [6.45, 7) is 17.2. The van der Waals surface area contributed by atoms with Crippen molar-refractivity contribution in [1.82, 2.24) is 30.7 Å². The zero-order valence-electron chi connectivity index (χ0n) is 73.7. The van der Waals surface area contributed by atoms with Crippen LogP contribution in [0.15, 0.2) is 29.6 Å². The third-order valence-electron chi connectivity index (χ3n) is 20.3. The minimum atomic E-state index is -0.945. The van der Waals surface area contributed by atoms with Gasteiger partial charge in [0.1, 0.15) is 48.9 Å². The average molecular weight is 1770 g/mol. The Hall–Kier alpha value is -6.06. The zero-order valence-corrected chi connectivity index (χ0v) is 76.1. The molecule has 1 aromatic carbocycles. The third kappa shape index (κ3) is 50.6. The van der Waals surface area contributed by atoms with E-state index < -0.39 is 84.7 Å². The highest BCUT2D eigenvalue weighted by molar-refractivity contribution is 8.76. The number of aliphatic carboxylic acids is 1. The van der Waals surface area contributed by atoms with Crippen LogP contribution < -0.4 is 16.0 Å². The van der Waals surface area contributed by atoms with Crippen molar-refractivity contribution in [2.45, 2.75) is 291 Å². The largest absolute Gasteiger partial charge is 0.481 e. The molecule has 0 bridgehead atoms. The molecule has 2 heterocycles. The highest BCUT2D eigenvalue weighted by atomic mass is 33.1. The number of carboxylic acids is 1. The van der Waals surface area contributed by atoms with E-state index in [1.807, 2.05) is 60.4 Å². The van der Waals surface area contributed by atoms with Gasteiger partial charge in [-0.3, -0.25) is 52.8 Å². The summed E-state index contributed by atoms with van der Waals surface area (Å²) in [5, 5.41) is 54.7. The smallest absolute Gasteiger partial charge is 0.325 e. The van der Waals surface area contributed by atoms with Crippen molar-refractivity contribution in [3.05, 3.63) is 51.7 Å². The van der Waals surface area contributed by atoms with Crippen LogP contribution in [-0.2, 0) is 96.9 Å². The Kier molecular flexibility index (Phi) is 63.7. The Morgan fingerprint density at radius 2 is 1.19 bits per heavy atom. The molecular weight excluding hydrogens is 1620 g/mol. The number of aliphatic hydroxyl groups excluding tert-OH is 4. The molecule has 31 nitrogen and oxygen atoms in total. The molecule has 8 unspecified atom stereocenters. The van der Waals surface area contributed by atoms with Gasteiger partial charge in [0.15, 0.2) is 30.8 Å². The van der Waals surface area contributed by atoms with E-state index in [1.54, 1.807) is 58.0 Å². The molecule has 0 aliphatic carbocycles. The number of aliphatic hydroxyl groups is 4. The van der Waals surface area contributed by atoms with Crippen LogP contribution in [0.2, 0.25) is 0 Å². The van der Waals surface area contributed by atoms with Gasteiger partial charge in [0.2, 0.25) is 23.6 Å². The summed E-state index contributed by atoms with van der Waals surface area (Å²) in [5.41, 5.74) is 0.946. The topological polar surface area (TPSA) is 420 Å². The number of nitrogens with zero attached hydrogens (tertiary/aromatic N) is 3. The van der Waals surface area contributed by atoms with Crippen LogP contribution in [0.1, 0.15) is 250 Å². The molecule has 13 atom stereocenters. The van der Waals surface area contributed by atoms with Gasteiger partial charge in [-0.05, 0) is 120 Å². The molecule has 1 aliphatic rings. The molecule has 1 aliphatic heterocycles. The quantitative estimate of drug-likeness (QED) is 0.00761.